The Hall–Kier alpha value is -0.850. The van der Waals surface area contributed by atoms with Crippen LogP contribution in [0.2, 0.25) is 0 Å². The number of nitrogens with zero attached hydrogens (tertiary/aromatic N) is 2. The summed E-state index contributed by atoms with van der Waals surface area (Å²) in [5.41, 5.74) is 0.163. The molecule has 6 nitrogen and oxygen atoms in total. The Kier molecular flexibility index (Phi) is 7.62. The molecule has 0 amide bonds. The van der Waals surface area contributed by atoms with Gasteiger partial charge in [-0.25, -0.2) is 0 Å². The van der Waals surface area contributed by atoms with Crippen molar-refractivity contribution in [3.05, 3.63) is 0 Å². The summed E-state index contributed by atoms with van der Waals surface area (Å²) in [6.07, 6.45) is 3.97. The van der Waals surface area contributed by atoms with E-state index in [4.69, 9.17) is 14.5 Å². The first-order valence-corrected chi connectivity index (χ1v) is 11.5. The van der Waals surface area contributed by atoms with Gasteiger partial charge >= 0.3 is 0 Å². The van der Waals surface area contributed by atoms with E-state index in [2.05, 4.69) is 50.2 Å². The van der Waals surface area contributed by atoms with E-state index in [1.807, 2.05) is 0 Å². The summed E-state index contributed by atoms with van der Waals surface area (Å²) in [5, 5.41) is 7.25. The Balaban J connectivity index is 1.68. The standard InChI is InChI=1S/C22H42N4O2/c1-6-16(7-2)18(26-10-13-27-14-11-26)15-24-21(23-8-3)25-19-17-9-12-28-20(17)22(19,4)5/h16-20H,6-15H2,1-5H3,(H2,23,24,25). The van der Waals surface area contributed by atoms with Gasteiger partial charge in [-0.15, -0.1) is 0 Å². The maximum atomic E-state index is 5.96. The minimum Gasteiger partial charge on any atom is -0.379 e. The second-order valence-electron chi connectivity index (χ2n) is 9.20. The number of fused-ring (bicyclic) bond motifs is 1. The van der Waals surface area contributed by atoms with E-state index in [0.29, 0.717) is 30.0 Å². The normalized spacial score (nSPS) is 31.4. The zero-order chi connectivity index (χ0) is 20.1. The van der Waals surface area contributed by atoms with Crippen LogP contribution >= 0.6 is 0 Å². The van der Waals surface area contributed by atoms with Crippen molar-refractivity contribution in [3.8, 4) is 0 Å². The van der Waals surface area contributed by atoms with Crippen LogP contribution in [0.4, 0.5) is 0 Å². The van der Waals surface area contributed by atoms with Gasteiger partial charge in [0.2, 0.25) is 0 Å². The van der Waals surface area contributed by atoms with E-state index >= 15 is 0 Å². The number of nitrogens with one attached hydrogen (secondary N) is 2. The average molecular weight is 395 g/mol. The molecule has 2 saturated heterocycles. The smallest absolute Gasteiger partial charge is 0.191 e. The Morgan fingerprint density at radius 3 is 2.50 bits per heavy atom. The lowest BCUT2D eigenvalue weighted by atomic mass is 9.57. The van der Waals surface area contributed by atoms with E-state index < -0.39 is 0 Å². The van der Waals surface area contributed by atoms with Gasteiger partial charge in [-0.3, -0.25) is 9.89 Å². The van der Waals surface area contributed by atoms with E-state index in [1.54, 1.807) is 0 Å². The molecule has 0 aromatic rings. The molecule has 0 aromatic heterocycles. The minimum atomic E-state index is 0.163. The molecular formula is C22H42N4O2. The molecule has 4 atom stereocenters. The summed E-state index contributed by atoms with van der Waals surface area (Å²) in [7, 11) is 0. The molecule has 2 aliphatic heterocycles. The van der Waals surface area contributed by atoms with Gasteiger partial charge in [-0.05, 0) is 19.3 Å². The van der Waals surface area contributed by atoms with Crippen molar-refractivity contribution < 1.29 is 9.47 Å². The number of aliphatic imine (C=N–C) groups is 1. The topological polar surface area (TPSA) is 58.1 Å². The molecular weight excluding hydrogens is 352 g/mol. The Bertz CT molecular complexity index is 515. The van der Waals surface area contributed by atoms with Crippen LogP contribution in [0.25, 0.3) is 0 Å². The summed E-state index contributed by atoms with van der Waals surface area (Å²) in [6.45, 7) is 17.8. The van der Waals surface area contributed by atoms with Gasteiger partial charge in [0.1, 0.15) is 0 Å². The van der Waals surface area contributed by atoms with Gasteiger partial charge in [0.25, 0.3) is 0 Å². The molecule has 162 valence electrons. The van der Waals surface area contributed by atoms with Crippen LogP contribution in [0.3, 0.4) is 0 Å². The second-order valence-corrected chi connectivity index (χ2v) is 9.20. The van der Waals surface area contributed by atoms with Gasteiger partial charge in [-0.1, -0.05) is 40.5 Å². The molecule has 0 aromatic carbocycles. The highest BCUT2D eigenvalue weighted by Crippen LogP contribution is 2.52. The average Bonchev–Trinajstić information content (AvgIpc) is 3.17. The molecule has 2 heterocycles. The molecule has 1 aliphatic carbocycles. The largest absolute Gasteiger partial charge is 0.379 e. The van der Waals surface area contributed by atoms with E-state index in [9.17, 15) is 0 Å². The summed E-state index contributed by atoms with van der Waals surface area (Å²) in [6, 6.07) is 0.930. The lowest BCUT2D eigenvalue weighted by Gasteiger charge is -2.55. The number of morpholine rings is 1. The van der Waals surface area contributed by atoms with E-state index in [-0.39, 0.29) is 5.41 Å². The monoisotopic (exact) mass is 394 g/mol. The SMILES string of the molecule is CCNC(=NCC(C(CC)CC)N1CCOCC1)NC1C2CCOC2C1(C)C. The van der Waals surface area contributed by atoms with Crippen LogP contribution in [-0.4, -0.2) is 75.0 Å². The summed E-state index contributed by atoms with van der Waals surface area (Å²) >= 11 is 0. The molecule has 3 fully saturated rings. The summed E-state index contributed by atoms with van der Waals surface area (Å²) in [5.74, 6) is 2.26. The third-order valence-electron chi connectivity index (χ3n) is 7.28. The van der Waals surface area contributed by atoms with Crippen LogP contribution in [0.15, 0.2) is 4.99 Å². The van der Waals surface area contributed by atoms with Crippen molar-refractivity contribution in [2.24, 2.45) is 22.2 Å². The maximum Gasteiger partial charge on any atom is 0.191 e. The zero-order valence-corrected chi connectivity index (χ0v) is 18.7. The molecule has 4 unspecified atom stereocenters. The predicted octanol–water partition coefficient (Wildman–Crippen LogP) is 2.49. The first-order chi connectivity index (χ1) is 13.5. The number of ether oxygens (including phenoxy) is 2. The molecule has 0 bridgehead atoms. The fraction of sp³-hybridized carbons (Fsp3) is 0.955. The van der Waals surface area contributed by atoms with E-state index in [0.717, 1.165) is 58.4 Å². The van der Waals surface area contributed by atoms with E-state index in [1.165, 1.54) is 12.8 Å². The molecule has 3 rings (SSSR count). The van der Waals surface area contributed by atoms with Crippen LogP contribution in [0.5, 0.6) is 0 Å². The van der Waals surface area contributed by atoms with Gasteiger partial charge in [0.15, 0.2) is 5.96 Å². The quantitative estimate of drug-likeness (QED) is 0.489. The molecule has 28 heavy (non-hydrogen) atoms. The third-order valence-corrected chi connectivity index (χ3v) is 7.28. The Labute approximate surface area is 171 Å². The van der Waals surface area contributed by atoms with Gasteiger partial charge in [0.05, 0.1) is 25.9 Å². The van der Waals surface area contributed by atoms with Crippen molar-refractivity contribution in [1.29, 1.82) is 0 Å². The predicted molar refractivity (Wildman–Crippen MR) is 115 cm³/mol. The third kappa shape index (κ3) is 4.49. The highest BCUT2D eigenvalue weighted by atomic mass is 16.5. The highest BCUT2D eigenvalue weighted by Gasteiger charge is 2.59. The first-order valence-electron chi connectivity index (χ1n) is 11.5. The lowest BCUT2D eigenvalue weighted by Crippen LogP contribution is -2.68. The second kappa shape index (κ2) is 9.77. The summed E-state index contributed by atoms with van der Waals surface area (Å²) < 4.78 is 11.5. The number of hydrogen-bond donors (Lipinski definition) is 2. The fourth-order valence-corrected chi connectivity index (χ4v) is 5.57. The molecule has 3 aliphatic rings. The molecule has 0 spiro atoms. The van der Waals surface area contributed by atoms with Crippen LogP contribution in [-0.2, 0) is 9.47 Å². The van der Waals surface area contributed by atoms with Crippen molar-refractivity contribution in [2.75, 3.05) is 46.0 Å². The van der Waals surface area contributed by atoms with Gasteiger partial charge in [0, 0.05) is 49.7 Å². The number of guanidine groups is 1. The van der Waals surface area contributed by atoms with Crippen LogP contribution in [0.1, 0.15) is 53.9 Å². The lowest BCUT2D eigenvalue weighted by molar-refractivity contribution is -0.106. The number of rotatable bonds is 8. The first kappa shape index (κ1) is 21.8. The maximum absolute atomic E-state index is 5.96. The number of hydrogen-bond acceptors (Lipinski definition) is 4. The molecule has 2 N–H and O–H groups in total. The molecule has 0 radical (unpaired) electrons. The Morgan fingerprint density at radius 1 is 1.14 bits per heavy atom. The fourth-order valence-electron chi connectivity index (χ4n) is 5.57. The van der Waals surface area contributed by atoms with Crippen molar-refractivity contribution in [1.82, 2.24) is 15.5 Å². The van der Waals surface area contributed by atoms with Crippen LogP contribution < -0.4 is 10.6 Å². The van der Waals surface area contributed by atoms with Crippen molar-refractivity contribution in [3.63, 3.8) is 0 Å². The van der Waals surface area contributed by atoms with Gasteiger partial charge in [-0.2, -0.15) is 0 Å². The zero-order valence-electron chi connectivity index (χ0n) is 18.7. The molecule has 6 heteroatoms. The highest BCUT2D eigenvalue weighted by molar-refractivity contribution is 5.80. The van der Waals surface area contributed by atoms with Gasteiger partial charge < -0.3 is 20.1 Å². The van der Waals surface area contributed by atoms with Crippen molar-refractivity contribution >= 4 is 5.96 Å². The molecule has 1 saturated carbocycles. The van der Waals surface area contributed by atoms with Crippen LogP contribution in [0, 0.1) is 17.3 Å². The Morgan fingerprint density at radius 2 is 1.86 bits per heavy atom. The van der Waals surface area contributed by atoms with Crippen molar-refractivity contribution in [2.45, 2.75) is 72.1 Å². The minimum absolute atomic E-state index is 0.163. The summed E-state index contributed by atoms with van der Waals surface area (Å²) in [4.78, 5) is 7.68.